The van der Waals surface area contributed by atoms with Gasteiger partial charge in [-0.3, -0.25) is 9.36 Å². The third kappa shape index (κ3) is 5.33. The van der Waals surface area contributed by atoms with Gasteiger partial charge in [-0.25, -0.2) is 9.97 Å². The van der Waals surface area contributed by atoms with Crippen LogP contribution in [0.4, 0.5) is 5.82 Å². The molecule has 32 heavy (non-hydrogen) atoms. The number of amides is 1. The van der Waals surface area contributed by atoms with Gasteiger partial charge in [-0.2, -0.15) is 4.98 Å². The zero-order valence-electron chi connectivity index (χ0n) is 18.3. The Morgan fingerprint density at radius 2 is 2.03 bits per heavy atom. The molecular formula is C22H27N7O3. The zero-order valence-corrected chi connectivity index (χ0v) is 18.3. The van der Waals surface area contributed by atoms with Crippen molar-refractivity contribution in [2.45, 2.75) is 19.9 Å². The molecule has 0 bridgehead atoms. The fourth-order valence-corrected chi connectivity index (χ4v) is 3.62. The number of primary amides is 1. The molecule has 0 radical (unpaired) electrons. The van der Waals surface area contributed by atoms with Crippen LogP contribution in [-0.4, -0.2) is 63.8 Å². The van der Waals surface area contributed by atoms with Crippen molar-refractivity contribution in [2.24, 2.45) is 5.73 Å². The number of hydrogen-bond donors (Lipinski definition) is 1. The minimum Gasteiger partial charge on any atom is -0.454 e. The number of anilines is 1. The maximum atomic E-state index is 11.7. The first-order valence-corrected chi connectivity index (χ1v) is 10.4. The van der Waals surface area contributed by atoms with Crippen LogP contribution in [0.5, 0.6) is 11.5 Å². The molecule has 1 aliphatic rings. The molecule has 3 aromatic rings. The Bertz CT molecular complexity index is 1070. The van der Waals surface area contributed by atoms with Gasteiger partial charge in [0.05, 0.1) is 6.54 Å². The molecule has 1 amide bonds. The first kappa shape index (κ1) is 21.6. The van der Waals surface area contributed by atoms with Crippen LogP contribution >= 0.6 is 0 Å². The summed E-state index contributed by atoms with van der Waals surface area (Å²) in [4.78, 5) is 28.9. The van der Waals surface area contributed by atoms with Gasteiger partial charge in [-0.1, -0.05) is 6.07 Å². The number of benzene rings is 1. The second-order valence-corrected chi connectivity index (χ2v) is 7.80. The molecule has 0 spiro atoms. The van der Waals surface area contributed by atoms with Crippen LogP contribution in [0.25, 0.3) is 5.95 Å². The molecule has 0 fully saturated rings. The van der Waals surface area contributed by atoms with E-state index in [2.05, 4.69) is 26.9 Å². The second-order valence-electron chi connectivity index (χ2n) is 7.80. The number of ether oxygens (including phenoxy) is 2. The topological polar surface area (TPSA) is 112 Å². The van der Waals surface area contributed by atoms with E-state index in [1.54, 1.807) is 23.3 Å². The number of carbonyl (C=O) groups excluding carboxylic acids is 1. The average Bonchev–Trinajstić information content (AvgIpc) is 3.44. The summed E-state index contributed by atoms with van der Waals surface area (Å²) < 4.78 is 12.6. The van der Waals surface area contributed by atoms with E-state index < -0.39 is 5.91 Å². The Morgan fingerprint density at radius 1 is 1.19 bits per heavy atom. The third-order valence-electron chi connectivity index (χ3n) is 5.09. The van der Waals surface area contributed by atoms with Crippen molar-refractivity contribution in [1.29, 1.82) is 0 Å². The summed E-state index contributed by atoms with van der Waals surface area (Å²) in [6, 6.07) is 7.86. The van der Waals surface area contributed by atoms with E-state index in [9.17, 15) is 4.79 Å². The van der Waals surface area contributed by atoms with Gasteiger partial charge < -0.3 is 25.0 Å². The van der Waals surface area contributed by atoms with Gasteiger partial charge in [0.1, 0.15) is 12.1 Å². The lowest BCUT2D eigenvalue weighted by atomic mass is 10.2. The number of nitrogens with two attached hydrogens (primary N) is 1. The molecule has 3 heterocycles. The van der Waals surface area contributed by atoms with Crippen molar-refractivity contribution in [3.8, 4) is 17.4 Å². The van der Waals surface area contributed by atoms with Crippen molar-refractivity contribution in [1.82, 2.24) is 24.4 Å². The quantitative estimate of drug-likeness (QED) is 0.508. The molecule has 168 valence electrons. The molecule has 1 aliphatic heterocycles. The molecular weight excluding hydrogens is 410 g/mol. The first-order chi connectivity index (χ1) is 15.5. The maximum Gasteiger partial charge on any atom is 0.237 e. The maximum absolute atomic E-state index is 11.7. The van der Waals surface area contributed by atoms with E-state index in [-0.39, 0.29) is 13.3 Å². The average molecular weight is 438 g/mol. The second kappa shape index (κ2) is 9.65. The number of carbonyl (C=O) groups is 1. The van der Waals surface area contributed by atoms with E-state index >= 15 is 0 Å². The highest BCUT2D eigenvalue weighted by molar-refractivity contribution is 5.79. The monoisotopic (exact) mass is 437 g/mol. The summed E-state index contributed by atoms with van der Waals surface area (Å²) in [6.45, 7) is 4.51. The van der Waals surface area contributed by atoms with Crippen LogP contribution < -0.4 is 20.1 Å². The Hall–Kier alpha value is -3.66. The largest absolute Gasteiger partial charge is 0.454 e. The normalized spacial score (nSPS) is 12.3. The van der Waals surface area contributed by atoms with Crippen molar-refractivity contribution in [2.75, 3.05) is 38.4 Å². The summed E-state index contributed by atoms with van der Waals surface area (Å²) in [6.07, 6.45) is 5.92. The standard InChI is InChI=1S/C22H27N7O3/c1-16-10-21(26-22(25-16)29-9-6-24-14-29)28(13-20(23)30)8-3-7-27(2)12-17-4-5-18-19(11-17)32-15-31-18/h4-6,9-11,14H,3,7-8,12-13,15H2,1-2H3,(H2,23,30). The number of fused-ring (bicyclic) bond motifs is 1. The minimum absolute atomic E-state index is 0.0890. The molecule has 2 N–H and O–H groups in total. The van der Waals surface area contributed by atoms with Crippen molar-refractivity contribution in [3.63, 3.8) is 0 Å². The van der Waals surface area contributed by atoms with Crippen molar-refractivity contribution < 1.29 is 14.3 Å². The fraction of sp³-hybridized carbons (Fsp3) is 0.364. The fourth-order valence-electron chi connectivity index (χ4n) is 3.62. The number of nitrogens with zero attached hydrogens (tertiary/aromatic N) is 6. The third-order valence-corrected chi connectivity index (χ3v) is 5.09. The van der Waals surface area contributed by atoms with Crippen LogP contribution in [0.15, 0.2) is 43.0 Å². The predicted molar refractivity (Wildman–Crippen MR) is 119 cm³/mol. The summed E-state index contributed by atoms with van der Waals surface area (Å²) >= 11 is 0. The summed E-state index contributed by atoms with van der Waals surface area (Å²) in [7, 11) is 2.06. The molecule has 2 aromatic heterocycles. The van der Waals surface area contributed by atoms with Gasteiger partial charge in [0.2, 0.25) is 18.6 Å². The van der Waals surface area contributed by atoms with Crippen LogP contribution in [0.3, 0.4) is 0 Å². The van der Waals surface area contributed by atoms with Crippen LogP contribution in [-0.2, 0) is 11.3 Å². The predicted octanol–water partition coefficient (Wildman–Crippen LogP) is 1.51. The highest BCUT2D eigenvalue weighted by Crippen LogP contribution is 2.32. The molecule has 10 heteroatoms. The van der Waals surface area contributed by atoms with Gasteiger partial charge in [0.15, 0.2) is 11.5 Å². The Labute approximate surface area is 186 Å². The lowest BCUT2D eigenvalue weighted by Gasteiger charge is -2.24. The molecule has 4 rings (SSSR count). The number of aryl methyl sites for hydroxylation is 1. The zero-order chi connectivity index (χ0) is 22.5. The van der Waals surface area contributed by atoms with Gasteiger partial charge in [0.25, 0.3) is 0 Å². The summed E-state index contributed by atoms with van der Waals surface area (Å²) in [5, 5.41) is 0. The van der Waals surface area contributed by atoms with E-state index in [4.69, 9.17) is 15.2 Å². The number of aromatic nitrogens is 4. The molecule has 0 unspecified atom stereocenters. The van der Waals surface area contributed by atoms with E-state index in [1.165, 1.54) is 0 Å². The smallest absolute Gasteiger partial charge is 0.237 e. The summed E-state index contributed by atoms with van der Waals surface area (Å²) in [5.41, 5.74) is 7.46. The highest BCUT2D eigenvalue weighted by Gasteiger charge is 2.16. The molecule has 0 saturated heterocycles. The number of rotatable bonds is 10. The lowest BCUT2D eigenvalue weighted by molar-refractivity contribution is -0.116. The van der Waals surface area contributed by atoms with Crippen LogP contribution in [0, 0.1) is 6.92 Å². The Morgan fingerprint density at radius 3 is 2.81 bits per heavy atom. The van der Waals surface area contributed by atoms with Gasteiger partial charge in [0, 0.05) is 37.2 Å². The van der Waals surface area contributed by atoms with E-state index in [0.29, 0.717) is 18.3 Å². The SMILES string of the molecule is Cc1cc(N(CCCN(C)Cc2ccc3c(c2)OCO3)CC(N)=O)nc(-n2ccnc2)n1. The lowest BCUT2D eigenvalue weighted by Crippen LogP contribution is -2.36. The van der Waals surface area contributed by atoms with E-state index in [1.807, 2.05) is 36.1 Å². The molecule has 0 aliphatic carbocycles. The number of imidazole rings is 1. The van der Waals surface area contributed by atoms with Gasteiger partial charge in [-0.05, 0) is 44.6 Å². The van der Waals surface area contributed by atoms with Gasteiger partial charge >= 0.3 is 0 Å². The molecule has 1 aromatic carbocycles. The summed E-state index contributed by atoms with van der Waals surface area (Å²) in [5.74, 6) is 2.34. The van der Waals surface area contributed by atoms with E-state index in [0.717, 1.165) is 42.3 Å². The first-order valence-electron chi connectivity index (χ1n) is 10.4. The highest BCUT2D eigenvalue weighted by atomic mass is 16.7. The van der Waals surface area contributed by atoms with Crippen LogP contribution in [0.1, 0.15) is 17.7 Å². The molecule has 10 nitrogen and oxygen atoms in total. The molecule has 0 atom stereocenters. The molecule has 0 saturated carbocycles. The Kier molecular flexibility index (Phi) is 6.50. The number of hydrogen-bond acceptors (Lipinski definition) is 8. The minimum atomic E-state index is -0.404. The Balaban J connectivity index is 1.38. The van der Waals surface area contributed by atoms with Gasteiger partial charge in [-0.15, -0.1) is 0 Å². The van der Waals surface area contributed by atoms with Crippen molar-refractivity contribution >= 4 is 11.7 Å². The van der Waals surface area contributed by atoms with Crippen LogP contribution in [0.2, 0.25) is 0 Å². The van der Waals surface area contributed by atoms with Crippen molar-refractivity contribution in [3.05, 3.63) is 54.2 Å².